The minimum absolute atomic E-state index is 0.00919. The molecule has 0 unspecified atom stereocenters. The number of hydrogen-bond donors (Lipinski definition) is 0. The zero-order chi connectivity index (χ0) is 27.9. The van der Waals surface area contributed by atoms with Crippen LogP contribution in [0.1, 0.15) is 101 Å². The maximum absolute atomic E-state index is 11.6. The van der Waals surface area contributed by atoms with Gasteiger partial charge in [0.1, 0.15) is 10.1 Å². The number of benzene rings is 3. The lowest BCUT2D eigenvalue weighted by Gasteiger charge is -2.24. The van der Waals surface area contributed by atoms with Gasteiger partial charge in [0, 0.05) is 0 Å². The van der Waals surface area contributed by atoms with E-state index in [0.717, 1.165) is 11.5 Å². The second kappa shape index (κ2) is 13.9. The van der Waals surface area contributed by atoms with Gasteiger partial charge in [-0.05, 0) is 83.5 Å². The summed E-state index contributed by atoms with van der Waals surface area (Å²) in [6.45, 7) is 18.5. The average molecular weight is 635 g/mol. The highest BCUT2D eigenvalue weighted by Crippen LogP contribution is 2.34. The molecule has 3 aromatic rings. The van der Waals surface area contributed by atoms with Gasteiger partial charge >= 0.3 is 21.2 Å². The molecular weight excluding hydrogens is 591 g/mol. The quantitative estimate of drug-likeness (QED) is 0.250. The van der Waals surface area contributed by atoms with Crippen molar-refractivity contribution >= 4 is 10.1 Å². The molecule has 0 aliphatic carbocycles. The van der Waals surface area contributed by atoms with Crippen molar-refractivity contribution in [1.82, 2.24) is 0 Å². The van der Waals surface area contributed by atoms with Crippen molar-refractivity contribution in [3.8, 4) is 0 Å². The summed E-state index contributed by atoms with van der Waals surface area (Å²) in [5.41, 5.74) is 5.17. The van der Waals surface area contributed by atoms with Gasteiger partial charge in [0.05, 0.1) is 4.90 Å². The maximum atomic E-state index is 11.6. The molecule has 0 saturated heterocycles. The zero-order valence-corrected chi connectivity index (χ0v) is 26.8. The monoisotopic (exact) mass is 634 g/mol. The maximum Gasteiger partial charge on any atom is 0.357 e. The first-order valence-electron chi connectivity index (χ1n) is 13.1. The van der Waals surface area contributed by atoms with E-state index in [1.165, 1.54) is 24.7 Å². The number of halogens is 1. The summed E-state index contributed by atoms with van der Waals surface area (Å²) in [4.78, 5) is -0.0121. The van der Waals surface area contributed by atoms with Crippen LogP contribution < -0.4 is 21.2 Å². The predicted molar refractivity (Wildman–Crippen MR) is 150 cm³/mol. The summed E-state index contributed by atoms with van der Waals surface area (Å²) in [6.07, 6.45) is 1.18. The summed E-state index contributed by atoms with van der Waals surface area (Å²) < 4.78 is 37.8. The average Bonchev–Trinajstić information content (AvgIpc) is 2.80. The second-order valence-electron chi connectivity index (χ2n) is 11.1. The molecule has 0 aromatic heterocycles. The normalized spacial score (nSPS) is 11.8. The van der Waals surface area contributed by atoms with Gasteiger partial charge in [0.25, 0.3) is 0 Å². The standard InChI is InChI=1S/C17H20I.C15H24O3S/c1-13(2)12-15-6-10-17(11-7-15)18-16-8-4-14(3)5-9-16;1-9(2)12-7-13(10(3)4)15(19(16,17)18)14(8-12)11(5)6/h4-11,13H,12H2,1-3H3;7-11H,1-6H3,(H,16,17,18)/q+1;/p-1. The van der Waals surface area contributed by atoms with Crippen molar-refractivity contribution < 1.29 is 34.2 Å². The Morgan fingerprint density at radius 2 is 1.14 bits per heavy atom. The van der Waals surface area contributed by atoms with E-state index in [1.54, 1.807) is 0 Å². The van der Waals surface area contributed by atoms with Crippen molar-refractivity contribution in [2.45, 2.75) is 91.4 Å². The van der Waals surface area contributed by atoms with E-state index < -0.39 is 10.1 Å². The molecular formula is C32H43IO3S. The molecule has 0 fully saturated rings. The molecule has 0 heterocycles. The Bertz CT molecular complexity index is 1210. The molecule has 0 spiro atoms. The number of rotatable bonds is 8. The van der Waals surface area contributed by atoms with E-state index in [0.29, 0.717) is 17.0 Å². The first-order valence-corrected chi connectivity index (χ1v) is 16.7. The minimum Gasteiger partial charge on any atom is -0.744 e. The highest BCUT2D eigenvalue weighted by Gasteiger charge is 2.21. The Labute approximate surface area is 236 Å². The highest BCUT2D eigenvalue weighted by molar-refractivity contribution is 7.85. The summed E-state index contributed by atoms with van der Waals surface area (Å²) in [5, 5.41) is 0. The van der Waals surface area contributed by atoms with E-state index in [4.69, 9.17) is 0 Å². The SMILES string of the molecule is CC(C)c1cc(C(C)C)c(S(=O)(=O)[O-])c(C(C)C)c1.Cc1ccc([I+]c2ccc(CC(C)C)cc2)cc1. The van der Waals surface area contributed by atoms with Crippen molar-refractivity contribution in [3.05, 3.63) is 95.6 Å². The van der Waals surface area contributed by atoms with Gasteiger partial charge < -0.3 is 4.55 Å². The molecule has 0 N–H and O–H groups in total. The molecule has 202 valence electrons. The number of aryl methyl sites for hydroxylation is 1. The molecule has 0 bridgehead atoms. The molecule has 0 atom stereocenters. The van der Waals surface area contributed by atoms with Gasteiger partial charge in [0.15, 0.2) is 7.14 Å². The van der Waals surface area contributed by atoms with E-state index >= 15 is 0 Å². The third kappa shape index (κ3) is 9.84. The summed E-state index contributed by atoms with van der Waals surface area (Å²) in [5.74, 6) is 1.06. The molecule has 0 saturated carbocycles. The first kappa shape index (κ1) is 31.5. The van der Waals surface area contributed by atoms with Crippen molar-refractivity contribution in [2.75, 3.05) is 0 Å². The van der Waals surface area contributed by atoms with Crippen LogP contribution in [0, 0.1) is 20.0 Å². The highest BCUT2D eigenvalue weighted by atomic mass is 127. The molecule has 0 radical (unpaired) electrons. The smallest absolute Gasteiger partial charge is 0.357 e. The Hall–Kier alpha value is -1.70. The van der Waals surface area contributed by atoms with Gasteiger partial charge in [0.2, 0.25) is 0 Å². The van der Waals surface area contributed by atoms with Crippen molar-refractivity contribution in [3.63, 3.8) is 0 Å². The van der Waals surface area contributed by atoms with Crippen LogP contribution in [0.5, 0.6) is 0 Å². The van der Waals surface area contributed by atoms with Gasteiger partial charge in [-0.3, -0.25) is 0 Å². The van der Waals surface area contributed by atoms with E-state index in [9.17, 15) is 13.0 Å². The molecule has 0 aliphatic rings. The molecule has 3 aromatic carbocycles. The van der Waals surface area contributed by atoms with Crippen LogP contribution in [-0.2, 0) is 16.5 Å². The van der Waals surface area contributed by atoms with E-state index in [-0.39, 0.29) is 37.9 Å². The largest absolute Gasteiger partial charge is 0.744 e. The molecule has 3 rings (SSSR count). The zero-order valence-electron chi connectivity index (χ0n) is 23.8. The number of hydrogen-bond acceptors (Lipinski definition) is 3. The molecule has 0 aliphatic heterocycles. The Kier molecular flexibility index (Phi) is 11.8. The summed E-state index contributed by atoms with van der Waals surface area (Å²) in [7, 11) is -4.45. The lowest BCUT2D eigenvalue weighted by molar-refractivity contribution is -0.597. The van der Waals surface area contributed by atoms with Crippen LogP contribution in [0.25, 0.3) is 0 Å². The molecule has 0 amide bonds. The Morgan fingerprint density at radius 1 is 0.703 bits per heavy atom. The van der Waals surface area contributed by atoms with Gasteiger partial charge in [-0.15, -0.1) is 0 Å². The second-order valence-corrected chi connectivity index (χ2v) is 15.4. The fourth-order valence-corrected chi connectivity index (χ4v) is 7.38. The lowest BCUT2D eigenvalue weighted by atomic mass is 9.89. The van der Waals surface area contributed by atoms with E-state index in [2.05, 4.69) is 83.1 Å². The van der Waals surface area contributed by atoms with Crippen LogP contribution >= 0.6 is 0 Å². The third-order valence-corrected chi connectivity index (χ3v) is 9.77. The minimum atomic E-state index is -4.45. The van der Waals surface area contributed by atoms with Gasteiger partial charge in [-0.1, -0.05) is 97.4 Å². The van der Waals surface area contributed by atoms with Crippen LogP contribution in [-0.4, -0.2) is 13.0 Å². The fourth-order valence-electron chi connectivity index (χ4n) is 4.06. The molecule has 5 heteroatoms. The van der Waals surface area contributed by atoms with Crippen LogP contribution in [0.4, 0.5) is 0 Å². The lowest BCUT2D eigenvalue weighted by Crippen LogP contribution is -3.61. The Morgan fingerprint density at radius 3 is 1.49 bits per heavy atom. The molecule has 3 nitrogen and oxygen atoms in total. The fraction of sp³-hybridized carbons (Fsp3) is 0.438. The summed E-state index contributed by atoms with van der Waals surface area (Å²) in [6, 6.07) is 21.9. The molecule has 37 heavy (non-hydrogen) atoms. The van der Waals surface area contributed by atoms with Crippen molar-refractivity contribution in [2.24, 2.45) is 5.92 Å². The Balaban J connectivity index is 0.000000260. The first-order chi connectivity index (χ1) is 17.2. The van der Waals surface area contributed by atoms with Crippen LogP contribution in [0.15, 0.2) is 65.6 Å². The van der Waals surface area contributed by atoms with Crippen LogP contribution in [0.2, 0.25) is 0 Å². The van der Waals surface area contributed by atoms with Crippen LogP contribution in [0.3, 0.4) is 0 Å². The topological polar surface area (TPSA) is 57.2 Å². The third-order valence-electron chi connectivity index (χ3n) is 6.12. The van der Waals surface area contributed by atoms with Gasteiger partial charge in [-0.2, -0.15) is 0 Å². The van der Waals surface area contributed by atoms with Crippen molar-refractivity contribution in [1.29, 1.82) is 0 Å². The summed E-state index contributed by atoms with van der Waals surface area (Å²) >= 11 is -0.0179. The predicted octanol–water partition coefficient (Wildman–Crippen LogP) is 5.28. The van der Waals surface area contributed by atoms with E-state index in [1.807, 2.05) is 39.8 Å². The van der Waals surface area contributed by atoms with Gasteiger partial charge in [-0.25, -0.2) is 8.42 Å².